The van der Waals surface area contributed by atoms with E-state index in [4.69, 9.17) is 10.8 Å². The number of rotatable bonds is 4. The van der Waals surface area contributed by atoms with Crippen molar-refractivity contribution in [2.24, 2.45) is 10.8 Å². The molecular formula is C18H22N4. The molecule has 22 heavy (non-hydrogen) atoms. The maximum absolute atomic E-state index is 5.71. The van der Waals surface area contributed by atoms with Gasteiger partial charge >= 0.3 is 0 Å². The summed E-state index contributed by atoms with van der Waals surface area (Å²) in [5.74, 6) is 0. The third-order valence-corrected chi connectivity index (χ3v) is 4.07. The minimum absolute atomic E-state index is 0.205. The third kappa shape index (κ3) is 2.88. The zero-order valence-electron chi connectivity index (χ0n) is 13.2. The van der Waals surface area contributed by atoms with E-state index >= 15 is 0 Å². The molecule has 1 atom stereocenters. The molecule has 4 heteroatoms. The minimum Gasteiger partial charge on any atom is -0.330 e. The Morgan fingerprint density at radius 3 is 2.82 bits per heavy atom. The lowest BCUT2D eigenvalue weighted by Crippen LogP contribution is -2.19. The Balaban J connectivity index is 1.99. The van der Waals surface area contributed by atoms with Crippen molar-refractivity contribution in [2.45, 2.75) is 32.7 Å². The molecule has 2 aromatic rings. The van der Waals surface area contributed by atoms with E-state index in [0.717, 1.165) is 24.2 Å². The molecule has 0 saturated carbocycles. The van der Waals surface area contributed by atoms with E-state index < -0.39 is 0 Å². The molecule has 2 heterocycles. The lowest BCUT2D eigenvalue weighted by atomic mass is 10.0. The predicted molar refractivity (Wildman–Crippen MR) is 91.1 cm³/mol. The van der Waals surface area contributed by atoms with Gasteiger partial charge in [0, 0.05) is 24.5 Å². The second-order valence-corrected chi connectivity index (χ2v) is 5.85. The van der Waals surface area contributed by atoms with Crippen LogP contribution in [0.5, 0.6) is 0 Å². The fourth-order valence-electron chi connectivity index (χ4n) is 3.01. The molecule has 1 aromatic heterocycles. The Bertz CT molecular complexity index is 679. The average molecular weight is 294 g/mol. The van der Waals surface area contributed by atoms with E-state index in [0.29, 0.717) is 6.54 Å². The van der Waals surface area contributed by atoms with Crippen LogP contribution in [0.2, 0.25) is 0 Å². The molecule has 114 valence electrons. The summed E-state index contributed by atoms with van der Waals surface area (Å²) in [6.07, 6.45) is 5.50. The highest BCUT2D eigenvalue weighted by Crippen LogP contribution is 2.37. The summed E-state index contributed by atoms with van der Waals surface area (Å²) in [5.41, 5.74) is 11.7. The summed E-state index contributed by atoms with van der Waals surface area (Å²) in [7, 11) is 0. The first-order chi connectivity index (χ1) is 10.7. The normalized spacial score (nSPS) is 17.7. The Morgan fingerprint density at radius 1 is 1.27 bits per heavy atom. The Labute approximate surface area is 131 Å². The first-order valence-corrected chi connectivity index (χ1v) is 7.72. The van der Waals surface area contributed by atoms with E-state index in [-0.39, 0.29) is 6.04 Å². The number of pyridine rings is 1. The zero-order valence-corrected chi connectivity index (χ0v) is 13.2. The largest absolute Gasteiger partial charge is 0.330 e. The molecule has 0 aliphatic carbocycles. The molecule has 3 rings (SSSR count). The van der Waals surface area contributed by atoms with Crippen molar-refractivity contribution < 1.29 is 0 Å². The minimum atomic E-state index is 0.205. The number of benzene rings is 1. The Hall–Kier alpha value is -2.20. The van der Waals surface area contributed by atoms with Crippen molar-refractivity contribution in [1.29, 1.82) is 0 Å². The smallest absolute Gasteiger partial charge is 0.0843 e. The highest BCUT2D eigenvalue weighted by atomic mass is 15.5. The van der Waals surface area contributed by atoms with Crippen LogP contribution >= 0.6 is 0 Å². The molecule has 1 aromatic carbocycles. The first kappa shape index (κ1) is 14.7. The molecule has 0 amide bonds. The van der Waals surface area contributed by atoms with Gasteiger partial charge in [-0.2, -0.15) is 5.10 Å². The van der Waals surface area contributed by atoms with Gasteiger partial charge in [0.15, 0.2) is 0 Å². The zero-order chi connectivity index (χ0) is 15.5. The first-order valence-electron chi connectivity index (χ1n) is 7.72. The summed E-state index contributed by atoms with van der Waals surface area (Å²) in [5, 5.41) is 6.97. The number of aryl methyl sites for hydroxylation is 2. The fourth-order valence-corrected chi connectivity index (χ4v) is 3.01. The van der Waals surface area contributed by atoms with Crippen molar-refractivity contribution in [3.63, 3.8) is 0 Å². The van der Waals surface area contributed by atoms with Crippen LogP contribution in [0.15, 0.2) is 47.8 Å². The fraction of sp³-hybridized carbons (Fsp3) is 0.333. The maximum atomic E-state index is 5.71. The quantitative estimate of drug-likeness (QED) is 0.940. The Morgan fingerprint density at radius 2 is 2.14 bits per heavy atom. The lowest BCUT2D eigenvalue weighted by molar-refractivity contribution is 0.702. The molecule has 2 N–H and O–H groups in total. The van der Waals surface area contributed by atoms with Crippen LogP contribution in [0.1, 0.15) is 35.6 Å². The summed E-state index contributed by atoms with van der Waals surface area (Å²) in [4.78, 5) is 4.26. The van der Waals surface area contributed by atoms with Crippen molar-refractivity contribution in [1.82, 2.24) is 4.98 Å². The molecular weight excluding hydrogens is 272 g/mol. The van der Waals surface area contributed by atoms with Crippen molar-refractivity contribution in [3.05, 3.63) is 59.4 Å². The molecule has 0 radical (unpaired) electrons. The lowest BCUT2D eigenvalue weighted by Gasteiger charge is -2.25. The van der Waals surface area contributed by atoms with Gasteiger partial charge in [0.1, 0.15) is 0 Å². The number of nitrogens with two attached hydrogens (primary N) is 1. The van der Waals surface area contributed by atoms with Gasteiger partial charge in [-0.25, -0.2) is 0 Å². The summed E-state index contributed by atoms with van der Waals surface area (Å²) in [6.45, 7) is 4.89. The van der Waals surface area contributed by atoms with Crippen LogP contribution in [-0.4, -0.2) is 17.2 Å². The monoisotopic (exact) mass is 294 g/mol. The summed E-state index contributed by atoms with van der Waals surface area (Å²) >= 11 is 0. The number of aromatic nitrogens is 1. The molecule has 0 saturated heterocycles. The summed E-state index contributed by atoms with van der Waals surface area (Å²) in [6, 6.07) is 10.8. The number of nitrogens with zero attached hydrogens (tertiary/aromatic N) is 3. The SMILES string of the molecule is Cc1ccc(N2N=C(CCN)CC2c2cccnc2)c(C)c1. The third-order valence-electron chi connectivity index (χ3n) is 4.07. The van der Waals surface area contributed by atoms with Gasteiger partial charge in [-0.3, -0.25) is 9.99 Å². The molecule has 1 unspecified atom stereocenters. The second-order valence-electron chi connectivity index (χ2n) is 5.85. The second kappa shape index (κ2) is 6.28. The average Bonchev–Trinajstić information content (AvgIpc) is 2.92. The van der Waals surface area contributed by atoms with E-state index in [1.165, 1.54) is 16.7 Å². The molecule has 0 spiro atoms. The van der Waals surface area contributed by atoms with Gasteiger partial charge in [0.2, 0.25) is 0 Å². The standard InChI is InChI=1S/C18H22N4/c1-13-5-6-17(14(2)10-13)22-18(11-16(21-22)7-8-19)15-4-3-9-20-12-15/h3-6,9-10,12,18H,7-8,11,19H2,1-2H3. The maximum Gasteiger partial charge on any atom is 0.0843 e. The predicted octanol–water partition coefficient (Wildman–Crippen LogP) is 3.35. The molecule has 0 bridgehead atoms. The van der Waals surface area contributed by atoms with Crippen molar-refractivity contribution >= 4 is 11.4 Å². The van der Waals surface area contributed by atoms with Gasteiger partial charge in [-0.1, -0.05) is 23.8 Å². The topological polar surface area (TPSA) is 54.5 Å². The van der Waals surface area contributed by atoms with Gasteiger partial charge in [-0.05, 0) is 50.1 Å². The van der Waals surface area contributed by atoms with E-state index in [1.54, 1.807) is 0 Å². The van der Waals surface area contributed by atoms with Crippen molar-refractivity contribution in [2.75, 3.05) is 11.6 Å². The van der Waals surface area contributed by atoms with Gasteiger partial charge in [0.25, 0.3) is 0 Å². The molecule has 1 aliphatic rings. The molecule has 1 aliphatic heterocycles. The van der Waals surface area contributed by atoms with Gasteiger partial charge in [0.05, 0.1) is 11.7 Å². The van der Waals surface area contributed by atoms with E-state index in [1.807, 2.05) is 18.5 Å². The van der Waals surface area contributed by atoms with Gasteiger partial charge < -0.3 is 5.73 Å². The van der Waals surface area contributed by atoms with E-state index in [9.17, 15) is 0 Å². The highest BCUT2D eigenvalue weighted by molar-refractivity contribution is 5.89. The number of hydrogen-bond donors (Lipinski definition) is 1. The van der Waals surface area contributed by atoms with Crippen LogP contribution in [0.3, 0.4) is 0 Å². The number of hydrazone groups is 1. The number of anilines is 1. The van der Waals surface area contributed by atoms with Crippen molar-refractivity contribution in [3.8, 4) is 0 Å². The van der Waals surface area contributed by atoms with Crippen LogP contribution in [-0.2, 0) is 0 Å². The van der Waals surface area contributed by atoms with Crippen LogP contribution < -0.4 is 10.7 Å². The van der Waals surface area contributed by atoms with Gasteiger partial charge in [-0.15, -0.1) is 0 Å². The van der Waals surface area contributed by atoms with Crippen LogP contribution in [0, 0.1) is 13.8 Å². The highest BCUT2D eigenvalue weighted by Gasteiger charge is 2.29. The van der Waals surface area contributed by atoms with E-state index in [2.05, 4.69) is 48.1 Å². The van der Waals surface area contributed by atoms with Crippen LogP contribution in [0.25, 0.3) is 0 Å². The van der Waals surface area contributed by atoms with Crippen LogP contribution in [0.4, 0.5) is 5.69 Å². The molecule has 0 fully saturated rings. The Kier molecular flexibility index (Phi) is 4.20. The molecule has 4 nitrogen and oxygen atoms in total. The summed E-state index contributed by atoms with van der Waals surface area (Å²) < 4.78 is 0. The number of hydrogen-bond acceptors (Lipinski definition) is 4.